The Kier molecular flexibility index (Phi) is 4.24. The molecule has 0 heterocycles. The highest BCUT2D eigenvalue weighted by molar-refractivity contribution is 5.77. The predicted molar refractivity (Wildman–Crippen MR) is 112 cm³/mol. The van der Waals surface area contributed by atoms with Crippen LogP contribution in [0, 0.1) is 58.7 Å². The summed E-state index contributed by atoms with van der Waals surface area (Å²) >= 11 is 0. The lowest BCUT2D eigenvalue weighted by Gasteiger charge is -2.59. The second-order valence-corrected chi connectivity index (χ2v) is 12.4. The molecule has 0 aromatic carbocycles. The fourth-order valence-corrected chi connectivity index (χ4v) is 10.5. The first-order valence-corrected chi connectivity index (χ1v) is 12.8. The summed E-state index contributed by atoms with van der Waals surface area (Å²) in [7, 11) is 0. The molecule has 0 saturated heterocycles. The van der Waals surface area contributed by atoms with Gasteiger partial charge in [-0.25, -0.2) is 0 Å². The predicted octanol–water partition coefficient (Wildman–Crippen LogP) is 5.30. The van der Waals surface area contributed by atoms with Crippen molar-refractivity contribution in [1.29, 1.82) is 0 Å². The van der Waals surface area contributed by atoms with Gasteiger partial charge in [-0.05, 0) is 98.7 Å². The van der Waals surface area contributed by atoms with Gasteiger partial charge in [0.2, 0.25) is 0 Å². The second kappa shape index (κ2) is 6.48. The monoisotopic (exact) mass is 414 g/mol. The summed E-state index contributed by atoms with van der Waals surface area (Å²) in [5, 5.41) is 9.99. The maximum Gasteiger partial charge on any atom is 0.309 e. The highest BCUT2D eigenvalue weighted by atomic mass is 16.6. The molecule has 0 radical (unpaired) electrons. The third-order valence-corrected chi connectivity index (χ3v) is 11.0. The number of carbonyl (C=O) groups excluding carboxylic acids is 1. The van der Waals surface area contributed by atoms with E-state index >= 15 is 0 Å². The zero-order chi connectivity index (χ0) is 20.8. The molecule has 0 aliphatic heterocycles. The highest BCUT2D eigenvalue weighted by Crippen LogP contribution is 2.67. The van der Waals surface area contributed by atoms with Crippen LogP contribution < -0.4 is 0 Å². The van der Waals surface area contributed by atoms with Gasteiger partial charge in [-0.2, -0.15) is 0 Å². The second-order valence-electron chi connectivity index (χ2n) is 12.4. The van der Waals surface area contributed by atoms with E-state index < -0.39 is 17.0 Å². The van der Waals surface area contributed by atoms with Gasteiger partial charge < -0.3 is 9.84 Å². The molecule has 7 aliphatic rings. The van der Waals surface area contributed by atoms with Crippen LogP contribution in [0.15, 0.2) is 0 Å². The van der Waals surface area contributed by atoms with Crippen LogP contribution in [0.4, 0.5) is 0 Å². The Hall–Kier alpha value is -1.06. The lowest BCUT2D eigenvalue weighted by atomic mass is 9.48. The molecule has 7 fully saturated rings. The first kappa shape index (κ1) is 19.6. The minimum Gasteiger partial charge on any atom is -0.481 e. The zero-order valence-corrected chi connectivity index (χ0v) is 18.6. The van der Waals surface area contributed by atoms with Gasteiger partial charge in [-0.15, -0.1) is 0 Å². The van der Waals surface area contributed by atoms with Crippen molar-refractivity contribution in [3.05, 3.63) is 0 Å². The standard InChI is InChI=1S/C26H38O4/c1-3-16-6-17(4-2)22-19-7-18(21(16)22)8-20(19)23(27)30-26-11-14-5-15(12-26)10-25(9-14,13-26)24(28)29/h14-22H,3-13H2,1-2H3,(H,28,29). The van der Waals surface area contributed by atoms with Gasteiger partial charge in [0.25, 0.3) is 0 Å². The van der Waals surface area contributed by atoms with Gasteiger partial charge in [-0.1, -0.05) is 26.7 Å². The maximum absolute atomic E-state index is 13.6. The summed E-state index contributed by atoms with van der Waals surface area (Å²) in [6.07, 6.45) is 11.3. The van der Waals surface area contributed by atoms with Crippen LogP contribution >= 0.6 is 0 Å². The van der Waals surface area contributed by atoms with E-state index in [1.54, 1.807) is 0 Å². The highest BCUT2D eigenvalue weighted by Gasteiger charge is 2.65. The summed E-state index contributed by atoms with van der Waals surface area (Å²) in [5.74, 6) is 4.83. The molecule has 7 aliphatic carbocycles. The number of hydrogen-bond donors (Lipinski definition) is 1. The van der Waals surface area contributed by atoms with E-state index in [0.29, 0.717) is 24.2 Å². The van der Waals surface area contributed by atoms with Crippen LogP contribution in [0.25, 0.3) is 0 Å². The molecule has 30 heavy (non-hydrogen) atoms. The SMILES string of the molecule is CCC1CC(CC)C2C3CC(CC3C(=O)OC34CC5CC(C3)CC(C(=O)O)(C5)C4)C12. The van der Waals surface area contributed by atoms with Gasteiger partial charge in [0.1, 0.15) is 5.60 Å². The first-order chi connectivity index (χ1) is 14.4. The van der Waals surface area contributed by atoms with Gasteiger partial charge in [-0.3, -0.25) is 9.59 Å². The van der Waals surface area contributed by atoms with Gasteiger partial charge >= 0.3 is 11.9 Å². The van der Waals surface area contributed by atoms with Gasteiger partial charge in [0.15, 0.2) is 0 Å². The number of fused-ring (bicyclic) bond motifs is 5. The average molecular weight is 415 g/mol. The number of ether oxygens (including phenoxy) is 1. The van der Waals surface area contributed by atoms with Crippen molar-refractivity contribution in [2.45, 2.75) is 90.1 Å². The summed E-state index contributed by atoms with van der Waals surface area (Å²) in [6, 6.07) is 0. The fraction of sp³-hybridized carbons (Fsp3) is 0.923. The minimum atomic E-state index is -0.651. The molecule has 1 N–H and O–H groups in total. The summed E-state index contributed by atoms with van der Waals surface area (Å²) in [6.45, 7) is 4.68. The van der Waals surface area contributed by atoms with Crippen molar-refractivity contribution in [2.24, 2.45) is 58.7 Å². The molecular weight excluding hydrogens is 376 g/mol. The smallest absolute Gasteiger partial charge is 0.309 e. The van der Waals surface area contributed by atoms with Crippen LogP contribution in [0.2, 0.25) is 0 Å². The molecule has 9 atom stereocenters. The largest absolute Gasteiger partial charge is 0.481 e. The van der Waals surface area contributed by atoms with Crippen molar-refractivity contribution < 1.29 is 19.4 Å². The van der Waals surface area contributed by atoms with E-state index in [1.165, 1.54) is 25.7 Å². The van der Waals surface area contributed by atoms with E-state index in [-0.39, 0.29) is 11.9 Å². The number of aliphatic carboxylic acids is 1. The third-order valence-electron chi connectivity index (χ3n) is 11.0. The Balaban J connectivity index is 1.21. The average Bonchev–Trinajstić information content (AvgIpc) is 3.37. The van der Waals surface area contributed by atoms with E-state index in [9.17, 15) is 14.7 Å². The van der Waals surface area contributed by atoms with Crippen LogP contribution in [0.1, 0.15) is 84.5 Å². The first-order valence-electron chi connectivity index (χ1n) is 12.8. The zero-order valence-electron chi connectivity index (χ0n) is 18.6. The van der Waals surface area contributed by atoms with E-state index in [2.05, 4.69) is 13.8 Å². The summed E-state index contributed by atoms with van der Waals surface area (Å²) < 4.78 is 6.43. The van der Waals surface area contributed by atoms with Crippen molar-refractivity contribution in [2.75, 3.05) is 0 Å². The summed E-state index contributed by atoms with van der Waals surface area (Å²) in [5.41, 5.74) is -1.11. The molecule has 0 spiro atoms. The Bertz CT molecular complexity index is 744. The number of carbonyl (C=O) groups is 2. The number of rotatable bonds is 5. The maximum atomic E-state index is 13.6. The third kappa shape index (κ3) is 2.57. The molecule has 7 rings (SSSR count). The molecule has 6 bridgehead atoms. The lowest BCUT2D eigenvalue weighted by molar-refractivity contribution is -0.214. The minimum absolute atomic E-state index is 0.0400. The Labute approximate surface area is 180 Å². The fourth-order valence-electron chi connectivity index (χ4n) is 10.5. The Morgan fingerprint density at radius 3 is 2.20 bits per heavy atom. The molecule has 0 amide bonds. The molecule has 0 aromatic rings. The van der Waals surface area contributed by atoms with E-state index in [1.807, 2.05) is 0 Å². The van der Waals surface area contributed by atoms with E-state index in [4.69, 9.17) is 4.74 Å². The van der Waals surface area contributed by atoms with Crippen molar-refractivity contribution in [3.8, 4) is 0 Å². The lowest BCUT2D eigenvalue weighted by Crippen LogP contribution is -2.60. The molecular formula is C26H38O4. The van der Waals surface area contributed by atoms with Gasteiger partial charge in [0.05, 0.1) is 11.3 Å². The quantitative estimate of drug-likeness (QED) is 0.620. The Morgan fingerprint density at radius 2 is 1.57 bits per heavy atom. The van der Waals surface area contributed by atoms with Crippen LogP contribution in [0.3, 0.4) is 0 Å². The van der Waals surface area contributed by atoms with Crippen molar-refractivity contribution in [3.63, 3.8) is 0 Å². The topological polar surface area (TPSA) is 63.6 Å². The van der Waals surface area contributed by atoms with Crippen LogP contribution in [-0.4, -0.2) is 22.6 Å². The van der Waals surface area contributed by atoms with Crippen LogP contribution in [-0.2, 0) is 14.3 Å². The number of carboxylic acids is 1. The van der Waals surface area contributed by atoms with E-state index in [0.717, 1.165) is 68.1 Å². The number of carboxylic acid groups (broad SMARTS) is 1. The normalized spacial score (nSPS) is 55.1. The molecule has 9 unspecified atom stereocenters. The van der Waals surface area contributed by atoms with Crippen molar-refractivity contribution in [1.82, 2.24) is 0 Å². The molecule has 4 nitrogen and oxygen atoms in total. The Morgan fingerprint density at radius 1 is 0.900 bits per heavy atom. The number of hydrogen-bond acceptors (Lipinski definition) is 3. The van der Waals surface area contributed by atoms with Crippen molar-refractivity contribution >= 4 is 11.9 Å². The molecule has 0 aromatic heterocycles. The van der Waals surface area contributed by atoms with Crippen LogP contribution in [0.5, 0.6) is 0 Å². The van der Waals surface area contributed by atoms with Gasteiger partial charge in [0, 0.05) is 6.42 Å². The molecule has 166 valence electrons. The summed E-state index contributed by atoms with van der Waals surface area (Å²) in [4.78, 5) is 25.7. The number of esters is 1. The molecule has 4 heteroatoms. The molecule has 7 saturated carbocycles.